The van der Waals surface area contributed by atoms with E-state index < -0.39 is 24.6 Å². The van der Waals surface area contributed by atoms with Crippen molar-refractivity contribution in [3.63, 3.8) is 0 Å². The number of nitrogens with one attached hydrogen (secondary N) is 2. The first-order valence-corrected chi connectivity index (χ1v) is 6.21. The Morgan fingerprint density at radius 1 is 1.11 bits per heavy atom. The third-order valence-electron chi connectivity index (χ3n) is 2.85. The lowest BCUT2D eigenvalue weighted by atomic mass is 10.1. The lowest BCUT2D eigenvalue weighted by Gasteiger charge is -2.26. The molecule has 0 aromatic rings. The second kappa shape index (κ2) is 7.57. The SMILES string of the molecule is O=C(NCC(=O)N1CCCCC1)NCC(O)C(=O)O. The predicted octanol–water partition coefficient (Wildman–Crippen LogP) is -1.26. The first kappa shape index (κ1) is 15.2. The summed E-state index contributed by atoms with van der Waals surface area (Å²) in [5.41, 5.74) is 0. The Morgan fingerprint density at radius 3 is 2.32 bits per heavy atom. The number of aliphatic hydroxyl groups excluding tert-OH is 1. The summed E-state index contributed by atoms with van der Waals surface area (Å²) in [4.78, 5) is 34.9. The van der Waals surface area contributed by atoms with Gasteiger partial charge in [-0.1, -0.05) is 0 Å². The number of carbonyl (C=O) groups is 3. The van der Waals surface area contributed by atoms with Gasteiger partial charge in [0, 0.05) is 13.1 Å². The van der Waals surface area contributed by atoms with Gasteiger partial charge >= 0.3 is 12.0 Å². The van der Waals surface area contributed by atoms with Crippen molar-refractivity contribution >= 4 is 17.9 Å². The molecule has 1 heterocycles. The summed E-state index contributed by atoms with van der Waals surface area (Å²) in [6.07, 6.45) is 1.42. The van der Waals surface area contributed by atoms with Crippen molar-refractivity contribution in [1.82, 2.24) is 15.5 Å². The van der Waals surface area contributed by atoms with E-state index in [4.69, 9.17) is 10.2 Å². The topological polar surface area (TPSA) is 119 Å². The van der Waals surface area contributed by atoms with E-state index in [0.29, 0.717) is 13.1 Å². The van der Waals surface area contributed by atoms with Gasteiger partial charge in [0.25, 0.3) is 0 Å². The quantitative estimate of drug-likeness (QED) is 0.498. The molecule has 1 saturated heterocycles. The molecular formula is C11H19N3O5. The first-order chi connectivity index (χ1) is 9.00. The minimum absolute atomic E-state index is 0.130. The van der Waals surface area contributed by atoms with Gasteiger partial charge < -0.3 is 25.7 Å². The summed E-state index contributed by atoms with van der Waals surface area (Å²) >= 11 is 0. The molecule has 0 radical (unpaired) electrons. The molecule has 0 saturated carbocycles. The van der Waals surface area contributed by atoms with E-state index in [1.54, 1.807) is 4.90 Å². The highest BCUT2D eigenvalue weighted by molar-refractivity contribution is 5.84. The average Bonchev–Trinajstić information content (AvgIpc) is 2.42. The Hall–Kier alpha value is -1.83. The molecule has 0 spiro atoms. The molecular weight excluding hydrogens is 254 g/mol. The fraction of sp³-hybridized carbons (Fsp3) is 0.727. The summed E-state index contributed by atoms with van der Waals surface area (Å²) in [6, 6.07) is -0.675. The Morgan fingerprint density at radius 2 is 1.74 bits per heavy atom. The Kier molecular flexibility index (Phi) is 6.07. The van der Waals surface area contributed by atoms with Crippen molar-refractivity contribution in [3.8, 4) is 0 Å². The molecule has 0 bridgehead atoms. The van der Waals surface area contributed by atoms with Crippen LogP contribution in [0.3, 0.4) is 0 Å². The normalized spacial score (nSPS) is 16.6. The summed E-state index contributed by atoms with van der Waals surface area (Å²) < 4.78 is 0. The molecule has 0 aliphatic carbocycles. The van der Waals surface area contributed by atoms with Crippen molar-refractivity contribution in [2.24, 2.45) is 0 Å². The van der Waals surface area contributed by atoms with E-state index in [9.17, 15) is 14.4 Å². The second-order valence-electron chi connectivity index (χ2n) is 4.36. The summed E-state index contributed by atoms with van der Waals surface area (Å²) in [7, 11) is 0. The number of carbonyl (C=O) groups excluding carboxylic acids is 2. The van der Waals surface area contributed by atoms with Crippen LogP contribution < -0.4 is 10.6 Å². The number of rotatable bonds is 5. The minimum atomic E-state index is -1.65. The smallest absolute Gasteiger partial charge is 0.334 e. The number of carboxylic acid groups (broad SMARTS) is 1. The van der Waals surface area contributed by atoms with Gasteiger partial charge in [-0.25, -0.2) is 9.59 Å². The molecule has 1 rings (SSSR count). The molecule has 1 atom stereocenters. The van der Waals surface area contributed by atoms with Gasteiger partial charge in [0.1, 0.15) is 0 Å². The van der Waals surface area contributed by atoms with E-state index in [2.05, 4.69) is 10.6 Å². The summed E-state index contributed by atoms with van der Waals surface area (Å²) in [6.45, 7) is 0.883. The number of piperidine rings is 1. The van der Waals surface area contributed by atoms with Crippen molar-refractivity contribution in [3.05, 3.63) is 0 Å². The number of carboxylic acids is 1. The van der Waals surface area contributed by atoms with Gasteiger partial charge in [-0.05, 0) is 19.3 Å². The van der Waals surface area contributed by atoms with E-state index >= 15 is 0 Å². The third-order valence-corrected chi connectivity index (χ3v) is 2.85. The molecule has 1 fully saturated rings. The number of aliphatic hydroxyl groups is 1. The number of hydrogen-bond donors (Lipinski definition) is 4. The van der Waals surface area contributed by atoms with Crippen molar-refractivity contribution in [1.29, 1.82) is 0 Å². The van der Waals surface area contributed by atoms with Crippen LogP contribution >= 0.6 is 0 Å². The second-order valence-corrected chi connectivity index (χ2v) is 4.36. The molecule has 4 N–H and O–H groups in total. The molecule has 8 heteroatoms. The van der Waals surface area contributed by atoms with Gasteiger partial charge in [-0.3, -0.25) is 4.79 Å². The van der Waals surface area contributed by atoms with E-state index in [1.807, 2.05) is 0 Å². The fourth-order valence-electron chi connectivity index (χ4n) is 1.75. The standard InChI is InChI=1S/C11H19N3O5/c15-8(10(17)18)6-12-11(19)13-7-9(16)14-4-2-1-3-5-14/h8,15H,1-7H2,(H,17,18)(H2,12,13,19). The third kappa shape index (κ3) is 5.56. The zero-order valence-electron chi connectivity index (χ0n) is 10.6. The number of hydrogen-bond acceptors (Lipinski definition) is 4. The van der Waals surface area contributed by atoms with E-state index in [-0.39, 0.29) is 12.5 Å². The molecule has 0 aromatic carbocycles. The number of urea groups is 1. The van der Waals surface area contributed by atoms with Crippen LogP contribution in [0.2, 0.25) is 0 Å². The average molecular weight is 273 g/mol. The number of nitrogens with zero attached hydrogens (tertiary/aromatic N) is 1. The van der Waals surface area contributed by atoms with Crippen LogP contribution in [0.25, 0.3) is 0 Å². The highest BCUT2D eigenvalue weighted by Crippen LogP contribution is 2.07. The van der Waals surface area contributed by atoms with Gasteiger partial charge in [0.05, 0.1) is 13.1 Å². The van der Waals surface area contributed by atoms with Crippen LogP contribution in [0, 0.1) is 0 Å². The van der Waals surface area contributed by atoms with Crippen LogP contribution in [0.5, 0.6) is 0 Å². The van der Waals surface area contributed by atoms with Crippen molar-refractivity contribution < 1.29 is 24.6 Å². The molecule has 1 aliphatic heterocycles. The van der Waals surface area contributed by atoms with E-state index in [1.165, 1.54) is 0 Å². The zero-order valence-corrected chi connectivity index (χ0v) is 10.6. The molecule has 108 valence electrons. The van der Waals surface area contributed by atoms with Crippen LogP contribution in [-0.2, 0) is 9.59 Å². The highest BCUT2D eigenvalue weighted by atomic mass is 16.4. The Labute approximate surface area is 110 Å². The van der Waals surface area contributed by atoms with Crippen LogP contribution in [0.15, 0.2) is 0 Å². The number of aliphatic carboxylic acids is 1. The summed E-state index contributed by atoms with van der Waals surface area (Å²) in [5.74, 6) is -1.57. The Bertz CT molecular complexity index is 341. The van der Waals surface area contributed by atoms with Gasteiger partial charge in [0.2, 0.25) is 5.91 Å². The van der Waals surface area contributed by atoms with Crippen LogP contribution in [0.1, 0.15) is 19.3 Å². The predicted molar refractivity (Wildman–Crippen MR) is 65.5 cm³/mol. The molecule has 19 heavy (non-hydrogen) atoms. The lowest BCUT2D eigenvalue weighted by molar-refractivity contribution is -0.146. The zero-order chi connectivity index (χ0) is 14.3. The molecule has 1 aliphatic rings. The fourth-order valence-corrected chi connectivity index (χ4v) is 1.75. The van der Waals surface area contributed by atoms with Gasteiger partial charge in [0.15, 0.2) is 6.10 Å². The van der Waals surface area contributed by atoms with E-state index in [0.717, 1.165) is 19.3 Å². The Balaban J connectivity index is 2.18. The van der Waals surface area contributed by atoms with Crippen LogP contribution in [0.4, 0.5) is 4.79 Å². The molecule has 3 amide bonds. The minimum Gasteiger partial charge on any atom is -0.479 e. The largest absolute Gasteiger partial charge is 0.479 e. The maximum Gasteiger partial charge on any atom is 0.334 e. The highest BCUT2D eigenvalue weighted by Gasteiger charge is 2.17. The van der Waals surface area contributed by atoms with Gasteiger partial charge in [-0.2, -0.15) is 0 Å². The maximum absolute atomic E-state index is 11.7. The van der Waals surface area contributed by atoms with Crippen molar-refractivity contribution in [2.75, 3.05) is 26.2 Å². The van der Waals surface area contributed by atoms with Crippen LogP contribution in [-0.4, -0.2) is 65.3 Å². The lowest BCUT2D eigenvalue weighted by Crippen LogP contribution is -2.47. The summed E-state index contributed by atoms with van der Waals surface area (Å²) in [5, 5.41) is 21.8. The molecule has 8 nitrogen and oxygen atoms in total. The van der Waals surface area contributed by atoms with Gasteiger partial charge in [-0.15, -0.1) is 0 Å². The number of likely N-dealkylation sites (tertiary alicyclic amines) is 1. The van der Waals surface area contributed by atoms with Crippen molar-refractivity contribution in [2.45, 2.75) is 25.4 Å². The first-order valence-electron chi connectivity index (χ1n) is 6.21. The molecule has 1 unspecified atom stereocenters. The molecule has 0 aromatic heterocycles. The number of amides is 3. The monoisotopic (exact) mass is 273 g/mol. The maximum atomic E-state index is 11.7.